The Hall–Kier alpha value is -2.44. The molecule has 0 fully saturated rings. The minimum absolute atomic E-state index is 0.206. The summed E-state index contributed by atoms with van der Waals surface area (Å²) >= 11 is 0. The molecule has 0 aliphatic heterocycles. The van der Waals surface area contributed by atoms with Gasteiger partial charge in [0.1, 0.15) is 24.4 Å². The topological polar surface area (TPSA) is 91.2 Å². The van der Waals surface area contributed by atoms with E-state index in [4.69, 9.17) is 4.42 Å². The van der Waals surface area contributed by atoms with E-state index >= 15 is 0 Å². The molecule has 0 aliphatic carbocycles. The minimum atomic E-state index is -0.557. The third-order valence-electron chi connectivity index (χ3n) is 2.47. The zero-order valence-electron chi connectivity index (χ0n) is 9.65. The number of aromatic nitrogens is 2. The van der Waals surface area contributed by atoms with E-state index in [2.05, 4.69) is 5.10 Å². The second-order valence-electron chi connectivity index (χ2n) is 3.86. The molecule has 0 amide bonds. The van der Waals surface area contributed by atoms with Gasteiger partial charge in [0, 0.05) is 0 Å². The first-order chi connectivity index (χ1) is 8.60. The Labute approximate surface area is 102 Å². The molecule has 1 atom stereocenters. The molecule has 2 rings (SSSR count). The van der Waals surface area contributed by atoms with Crippen LogP contribution in [0.15, 0.2) is 28.8 Å². The van der Waals surface area contributed by atoms with Crippen molar-refractivity contribution in [3.05, 3.63) is 46.0 Å². The Bertz CT molecular complexity index is 572. The normalized spacial score (nSPS) is 12.3. The molecular weight excluding hydrogens is 238 g/mol. The summed E-state index contributed by atoms with van der Waals surface area (Å²) in [6.45, 7) is 2.02. The SMILES string of the molecule is CC(C=O)c1ccc(Cn2ccc([N+](=O)[O-])n2)o1. The molecule has 0 aliphatic rings. The number of furan rings is 1. The number of rotatable bonds is 5. The lowest BCUT2D eigenvalue weighted by molar-refractivity contribution is -0.389. The predicted octanol–water partition coefficient (Wildman–Crippen LogP) is 1.73. The Balaban J connectivity index is 2.11. The highest BCUT2D eigenvalue weighted by Crippen LogP contribution is 2.17. The van der Waals surface area contributed by atoms with Crippen LogP contribution in [-0.2, 0) is 11.3 Å². The van der Waals surface area contributed by atoms with E-state index in [1.54, 1.807) is 19.1 Å². The fourth-order valence-electron chi connectivity index (χ4n) is 1.49. The Morgan fingerprint density at radius 1 is 1.56 bits per heavy atom. The number of nitrogens with zero attached hydrogens (tertiary/aromatic N) is 3. The van der Waals surface area contributed by atoms with Crippen LogP contribution in [-0.4, -0.2) is 21.0 Å². The zero-order valence-corrected chi connectivity index (χ0v) is 9.65. The number of carbonyl (C=O) groups is 1. The smallest absolute Gasteiger partial charge is 0.389 e. The molecule has 18 heavy (non-hydrogen) atoms. The van der Waals surface area contributed by atoms with Crippen molar-refractivity contribution in [3.63, 3.8) is 0 Å². The van der Waals surface area contributed by atoms with Gasteiger partial charge >= 0.3 is 5.82 Å². The molecule has 2 aromatic heterocycles. The summed E-state index contributed by atoms with van der Waals surface area (Å²) in [6.07, 6.45) is 2.30. The van der Waals surface area contributed by atoms with E-state index in [1.165, 1.54) is 16.9 Å². The molecule has 0 radical (unpaired) electrons. The van der Waals surface area contributed by atoms with Crippen molar-refractivity contribution in [1.29, 1.82) is 0 Å². The third-order valence-corrected chi connectivity index (χ3v) is 2.47. The predicted molar refractivity (Wildman–Crippen MR) is 61.2 cm³/mol. The first kappa shape index (κ1) is 12.0. The van der Waals surface area contributed by atoms with Crippen LogP contribution in [0, 0.1) is 10.1 Å². The minimum Gasteiger partial charge on any atom is -0.463 e. The van der Waals surface area contributed by atoms with E-state index < -0.39 is 4.92 Å². The largest absolute Gasteiger partial charge is 0.463 e. The molecule has 7 heteroatoms. The van der Waals surface area contributed by atoms with Crippen LogP contribution in [0.5, 0.6) is 0 Å². The summed E-state index contributed by atoms with van der Waals surface area (Å²) in [5.74, 6) is 0.659. The average Bonchev–Trinajstić information content (AvgIpc) is 2.98. The maximum atomic E-state index is 10.6. The average molecular weight is 249 g/mol. The van der Waals surface area contributed by atoms with Gasteiger partial charge in [-0.2, -0.15) is 4.68 Å². The number of carbonyl (C=O) groups excluding carboxylic acids is 1. The molecule has 0 saturated carbocycles. The van der Waals surface area contributed by atoms with Gasteiger partial charge in [-0.1, -0.05) is 0 Å². The highest BCUT2D eigenvalue weighted by molar-refractivity contribution is 5.59. The lowest BCUT2D eigenvalue weighted by atomic mass is 10.1. The summed E-state index contributed by atoms with van der Waals surface area (Å²) in [5, 5.41) is 14.2. The van der Waals surface area contributed by atoms with Gasteiger partial charge in [0.05, 0.1) is 23.3 Å². The van der Waals surface area contributed by atoms with E-state index in [0.29, 0.717) is 18.1 Å². The van der Waals surface area contributed by atoms with Gasteiger partial charge in [0.25, 0.3) is 0 Å². The van der Waals surface area contributed by atoms with Crippen molar-refractivity contribution in [2.24, 2.45) is 0 Å². The molecule has 94 valence electrons. The number of aldehydes is 1. The molecule has 7 nitrogen and oxygen atoms in total. The van der Waals surface area contributed by atoms with E-state index in [0.717, 1.165) is 6.29 Å². The molecule has 0 saturated heterocycles. The second kappa shape index (κ2) is 4.82. The van der Waals surface area contributed by atoms with Crippen molar-refractivity contribution < 1.29 is 14.1 Å². The summed E-state index contributed by atoms with van der Waals surface area (Å²) in [7, 11) is 0. The van der Waals surface area contributed by atoms with Gasteiger partial charge in [0.2, 0.25) is 0 Å². The lowest BCUT2D eigenvalue weighted by Gasteiger charge is -1.97. The van der Waals surface area contributed by atoms with E-state index in [1.807, 2.05) is 0 Å². The van der Waals surface area contributed by atoms with Crippen LogP contribution >= 0.6 is 0 Å². The zero-order chi connectivity index (χ0) is 13.1. The van der Waals surface area contributed by atoms with Crippen LogP contribution in [0.2, 0.25) is 0 Å². The molecule has 0 aromatic carbocycles. The number of hydrogen-bond donors (Lipinski definition) is 0. The first-order valence-corrected chi connectivity index (χ1v) is 5.32. The fourth-order valence-corrected chi connectivity index (χ4v) is 1.49. The van der Waals surface area contributed by atoms with E-state index in [9.17, 15) is 14.9 Å². The van der Waals surface area contributed by atoms with Crippen molar-refractivity contribution in [1.82, 2.24) is 9.78 Å². The van der Waals surface area contributed by atoms with Gasteiger partial charge < -0.3 is 19.3 Å². The van der Waals surface area contributed by atoms with Crippen LogP contribution in [0.1, 0.15) is 24.4 Å². The molecule has 0 bridgehead atoms. The van der Waals surface area contributed by atoms with Crippen molar-refractivity contribution >= 4 is 12.1 Å². The monoisotopic (exact) mass is 249 g/mol. The number of nitro groups is 1. The van der Waals surface area contributed by atoms with Crippen molar-refractivity contribution in [2.75, 3.05) is 0 Å². The molecular formula is C11H11N3O4. The third kappa shape index (κ3) is 2.45. The summed E-state index contributed by atoms with van der Waals surface area (Å²) in [4.78, 5) is 20.5. The van der Waals surface area contributed by atoms with Crippen LogP contribution in [0.25, 0.3) is 0 Å². The second-order valence-corrected chi connectivity index (χ2v) is 3.86. The molecule has 0 spiro atoms. The van der Waals surface area contributed by atoms with Gasteiger partial charge in [-0.25, -0.2) is 0 Å². The number of hydrogen-bond acceptors (Lipinski definition) is 5. The van der Waals surface area contributed by atoms with Crippen molar-refractivity contribution in [3.8, 4) is 0 Å². The van der Waals surface area contributed by atoms with Crippen LogP contribution in [0.4, 0.5) is 5.82 Å². The molecule has 2 aromatic rings. The quantitative estimate of drug-likeness (QED) is 0.457. The highest BCUT2D eigenvalue weighted by atomic mass is 16.6. The Morgan fingerprint density at radius 3 is 2.94 bits per heavy atom. The fraction of sp³-hybridized carbons (Fsp3) is 0.273. The van der Waals surface area contributed by atoms with Crippen LogP contribution in [0.3, 0.4) is 0 Å². The highest BCUT2D eigenvalue weighted by Gasteiger charge is 2.14. The van der Waals surface area contributed by atoms with Gasteiger partial charge in [-0.15, -0.1) is 0 Å². The summed E-state index contributed by atoms with van der Waals surface area (Å²) in [5.41, 5.74) is 0. The summed E-state index contributed by atoms with van der Waals surface area (Å²) in [6, 6.07) is 4.76. The van der Waals surface area contributed by atoms with Gasteiger partial charge in [-0.3, -0.25) is 0 Å². The Kier molecular flexibility index (Phi) is 3.22. The summed E-state index contributed by atoms with van der Waals surface area (Å²) < 4.78 is 6.86. The first-order valence-electron chi connectivity index (χ1n) is 5.32. The van der Waals surface area contributed by atoms with Gasteiger partial charge in [0.15, 0.2) is 0 Å². The lowest BCUT2D eigenvalue weighted by Crippen LogP contribution is -2.00. The maximum Gasteiger partial charge on any atom is 0.389 e. The van der Waals surface area contributed by atoms with Crippen molar-refractivity contribution in [2.45, 2.75) is 19.4 Å². The Morgan fingerprint density at radius 2 is 2.33 bits per heavy atom. The molecule has 2 heterocycles. The van der Waals surface area contributed by atoms with Crippen LogP contribution < -0.4 is 0 Å². The maximum absolute atomic E-state index is 10.6. The van der Waals surface area contributed by atoms with Gasteiger partial charge in [-0.05, 0) is 24.0 Å². The molecule has 1 unspecified atom stereocenters. The molecule has 0 N–H and O–H groups in total. The van der Waals surface area contributed by atoms with E-state index in [-0.39, 0.29) is 11.7 Å². The standard InChI is InChI=1S/C11H11N3O4/c1-8(7-15)10-3-2-9(18-10)6-13-5-4-11(12-13)14(16)17/h2-5,7-8H,6H2,1H3.